The normalized spacial score (nSPS) is 31.9. The van der Waals surface area contributed by atoms with Crippen molar-refractivity contribution in [2.24, 2.45) is 11.8 Å². The average molecular weight is 256 g/mol. The van der Waals surface area contributed by atoms with Crippen LogP contribution in [-0.2, 0) is 0 Å². The first-order chi connectivity index (χ1) is 8.16. The van der Waals surface area contributed by atoms with E-state index in [2.05, 4.69) is 22.1 Å². The maximum absolute atomic E-state index is 13.8. The Hall–Kier alpha value is -0.870. The number of nitrogens with one attached hydrogen (secondary N) is 1. The molecule has 2 aliphatic rings. The number of hydrogen-bond donors (Lipinski definition) is 1. The molecule has 5 heteroatoms. The summed E-state index contributed by atoms with van der Waals surface area (Å²) in [5, 5.41) is 3.74. The van der Waals surface area contributed by atoms with Crippen LogP contribution >= 0.6 is 11.6 Å². The van der Waals surface area contributed by atoms with E-state index in [1.54, 1.807) is 0 Å². The fraction of sp³-hybridized carbons (Fsp3) is 0.583. The quantitative estimate of drug-likeness (QED) is 0.831. The van der Waals surface area contributed by atoms with Gasteiger partial charge in [0.1, 0.15) is 0 Å². The number of pyridine rings is 1. The Labute approximate surface area is 105 Å². The minimum Gasteiger partial charge on any atom is -0.351 e. The zero-order valence-electron chi connectivity index (χ0n) is 9.66. The number of aromatic nitrogens is 1. The molecule has 92 valence electrons. The van der Waals surface area contributed by atoms with Crippen LogP contribution in [0.2, 0.25) is 5.02 Å². The zero-order valence-corrected chi connectivity index (χ0v) is 10.4. The molecule has 2 fully saturated rings. The van der Waals surface area contributed by atoms with Gasteiger partial charge >= 0.3 is 0 Å². The summed E-state index contributed by atoms with van der Waals surface area (Å²) in [7, 11) is 0. The highest BCUT2D eigenvalue weighted by Crippen LogP contribution is 2.36. The lowest BCUT2D eigenvalue weighted by Crippen LogP contribution is -2.34. The van der Waals surface area contributed by atoms with Gasteiger partial charge in [-0.2, -0.15) is 0 Å². The van der Waals surface area contributed by atoms with Crippen molar-refractivity contribution < 1.29 is 4.39 Å². The van der Waals surface area contributed by atoms with Crippen LogP contribution in [0.15, 0.2) is 12.3 Å². The Bertz CT molecular complexity index is 440. The van der Waals surface area contributed by atoms with E-state index in [0.717, 1.165) is 19.6 Å². The molecular weight excluding hydrogens is 241 g/mol. The van der Waals surface area contributed by atoms with Crippen LogP contribution in [0.1, 0.15) is 6.92 Å². The first kappa shape index (κ1) is 11.2. The lowest BCUT2D eigenvalue weighted by Gasteiger charge is -2.25. The predicted molar refractivity (Wildman–Crippen MR) is 65.9 cm³/mol. The first-order valence-corrected chi connectivity index (χ1v) is 6.33. The summed E-state index contributed by atoms with van der Waals surface area (Å²) < 4.78 is 13.8. The number of halogens is 2. The minimum absolute atomic E-state index is 0.322. The minimum atomic E-state index is -0.322. The van der Waals surface area contributed by atoms with E-state index in [1.165, 1.54) is 12.3 Å². The van der Waals surface area contributed by atoms with Crippen molar-refractivity contribution in [2.75, 3.05) is 24.5 Å². The van der Waals surface area contributed by atoms with Gasteiger partial charge in [-0.1, -0.05) is 11.6 Å². The van der Waals surface area contributed by atoms with E-state index in [-0.39, 0.29) is 5.82 Å². The van der Waals surface area contributed by atoms with Gasteiger partial charge in [0.15, 0.2) is 11.6 Å². The second-order valence-corrected chi connectivity index (χ2v) is 5.37. The van der Waals surface area contributed by atoms with Gasteiger partial charge in [-0.3, -0.25) is 0 Å². The molecule has 0 spiro atoms. The summed E-state index contributed by atoms with van der Waals surface area (Å²) in [6, 6.07) is 1.67. The van der Waals surface area contributed by atoms with E-state index < -0.39 is 0 Å². The van der Waals surface area contributed by atoms with Crippen molar-refractivity contribution in [1.82, 2.24) is 10.3 Å². The monoisotopic (exact) mass is 255 g/mol. The third-order valence-corrected chi connectivity index (χ3v) is 4.20. The number of nitrogens with zero attached hydrogens (tertiary/aromatic N) is 2. The molecule has 0 bridgehead atoms. The van der Waals surface area contributed by atoms with Gasteiger partial charge in [0.2, 0.25) is 0 Å². The van der Waals surface area contributed by atoms with Crippen LogP contribution < -0.4 is 10.2 Å². The van der Waals surface area contributed by atoms with E-state index in [1.807, 2.05) is 0 Å². The van der Waals surface area contributed by atoms with Crippen molar-refractivity contribution in [1.29, 1.82) is 0 Å². The smallest absolute Gasteiger partial charge is 0.167 e. The second kappa shape index (κ2) is 4.10. The Balaban J connectivity index is 1.90. The van der Waals surface area contributed by atoms with Crippen LogP contribution in [0, 0.1) is 17.7 Å². The van der Waals surface area contributed by atoms with Crippen LogP contribution in [-0.4, -0.2) is 30.7 Å². The van der Waals surface area contributed by atoms with E-state index in [9.17, 15) is 4.39 Å². The summed E-state index contributed by atoms with van der Waals surface area (Å²) in [6.45, 7) is 5.08. The first-order valence-electron chi connectivity index (χ1n) is 5.95. The van der Waals surface area contributed by atoms with Crippen LogP contribution in [0.4, 0.5) is 10.2 Å². The largest absolute Gasteiger partial charge is 0.351 e. The van der Waals surface area contributed by atoms with Crippen LogP contribution in [0.25, 0.3) is 0 Å². The van der Waals surface area contributed by atoms with Gasteiger partial charge in [-0.05, 0) is 24.8 Å². The van der Waals surface area contributed by atoms with E-state index in [4.69, 9.17) is 11.6 Å². The molecule has 3 atom stereocenters. The van der Waals surface area contributed by atoms with Crippen molar-refractivity contribution in [3.63, 3.8) is 0 Å². The average Bonchev–Trinajstić information content (AvgIpc) is 2.83. The summed E-state index contributed by atoms with van der Waals surface area (Å²) in [6.07, 6.45) is 1.51. The fourth-order valence-corrected chi connectivity index (χ4v) is 3.21. The second-order valence-electron chi connectivity index (χ2n) is 4.93. The molecule has 17 heavy (non-hydrogen) atoms. The van der Waals surface area contributed by atoms with Gasteiger partial charge in [0, 0.05) is 31.9 Å². The molecule has 1 N–H and O–H groups in total. The lowest BCUT2D eigenvalue weighted by atomic mass is 9.95. The van der Waals surface area contributed by atoms with Gasteiger partial charge in [-0.15, -0.1) is 0 Å². The summed E-state index contributed by atoms with van der Waals surface area (Å²) in [4.78, 5) is 6.21. The Morgan fingerprint density at radius 3 is 3.06 bits per heavy atom. The molecule has 0 aromatic carbocycles. The molecule has 0 amide bonds. The summed E-state index contributed by atoms with van der Waals surface area (Å²) >= 11 is 5.72. The van der Waals surface area contributed by atoms with Crippen molar-refractivity contribution in [3.05, 3.63) is 23.1 Å². The molecule has 0 saturated carbocycles. The Kier molecular flexibility index (Phi) is 2.71. The SMILES string of the molecule is CC1C2CNCC2CN1c1ncc(Cl)cc1F. The molecule has 3 heterocycles. The highest BCUT2D eigenvalue weighted by molar-refractivity contribution is 6.30. The topological polar surface area (TPSA) is 28.2 Å². The lowest BCUT2D eigenvalue weighted by molar-refractivity contribution is 0.470. The standard InChI is InChI=1S/C12H15ClFN3/c1-7-10-5-15-3-8(10)6-17(7)12-11(14)2-9(13)4-16-12/h2,4,7-8,10,15H,3,5-6H2,1H3. The maximum atomic E-state index is 13.8. The Morgan fingerprint density at radius 1 is 1.53 bits per heavy atom. The highest BCUT2D eigenvalue weighted by atomic mass is 35.5. The van der Waals surface area contributed by atoms with Gasteiger partial charge in [0.05, 0.1) is 5.02 Å². The third-order valence-electron chi connectivity index (χ3n) is 3.99. The number of anilines is 1. The molecule has 0 aliphatic carbocycles. The van der Waals surface area contributed by atoms with Gasteiger partial charge in [0.25, 0.3) is 0 Å². The summed E-state index contributed by atoms with van der Waals surface area (Å²) in [5.74, 6) is 1.34. The van der Waals surface area contributed by atoms with Crippen molar-refractivity contribution in [3.8, 4) is 0 Å². The van der Waals surface area contributed by atoms with Crippen LogP contribution in [0.5, 0.6) is 0 Å². The number of hydrogen-bond acceptors (Lipinski definition) is 3. The molecular formula is C12H15ClFN3. The van der Waals surface area contributed by atoms with E-state index in [0.29, 0.717) is 28.7 Å². The molecule has 1 aromatic heterocycles. The molecule has 3 nitrogen and oxygen atoms in total. The molecule has 0 radical (unpaired) electrons. The zero-order chi connectivity index (χ0) is 12.0. The predicted octanol–water partition coefficient (Wildman–Crippen LogP) is 1.92. The van der Waals surface area contributed by atoms with Crippen molar-refractivity contribution >= 4 is 17.4 Å². The summed E-state index contributed by atoms with van der Waals surface area (Å²) in [5.41, 5.74) is 0. The van der Waals surface area contributed by atoms with Gasteiger partial charge < -0.3 is 10.2 Å². The fourth-order valence-electron chi connectivity index (χ4n) is 3.07. The Morgan fingerprint density at radius 2 is 2.35 bits per heavy atom. The highest BCUT2D eigenvalue weighted by Gasteiger charge is 2.42. The molecule has 3 rings (SSSR count). The number of rotatable bonds is 1. The van der Waals surface area contributed by atoms with Gasteiger partial charge in [-0.25, -0.2) is 9.37 Å². The molecule has 1 aromatic rings. The van der Waals surface area contributed by atoms with Crippen LogP contribution in [0.3, 0.4) is 0 Å². The third kappa shape index (κ3) is 1.79. The van der Waals surface area contributed by atoms with E-state index >= 15 is 0 Å². The van der Waals surface area contributed by atoms with Crippen molar-refractivity contribution in [2.45, 2.75) is 13.0 Å². The molecule has 2 saturated heterocycles. The molecule has 3 unspecified atom stereocenters. The molecule has 2 aliphatic heterocycles. The maximum Gasteiger partial charge on any atom is 0.167 e. The number of fused-ring (bicyclic) bond motifs is 1.